The van der Waals surface area contributed by atoms with E-state index in [0.717, 1.165) is 12.7 Å². The highest BCUT2D eigenvalue weighted by Gasteiger charge is 1.99. The van der Waals surface area contributed by atoms with Gasteiger partial charge in [-0.15, -0.1) is 13.2 Å². The third kappa shape index (κ3) is 14.4. The second-order valence-electron chi connectivity index (χ2n) is 3.12. The van der Waals surface area contributed by atoms with E-state index in [0.29, 0.717) is 5.92 Å². The summed E-state index contributed by atoms with van der Waals surface area (Å²) in [5.41, 5.74) is 0. The van der Waals surface area contributed by atoms with Crippen LogP contribution in [0.25, 0.3) is 0 Å². The van der Waals surface area contributed by atoms with Crippen LogP contribution >= 0.6 is 0 Å². The van der Waals surface area contributed by atoms with Crippen molar-refractivity contribution in [3.63, 3.8) is 0 Å². The van der Waals surface area contributed by atoms with Crippen LogP contribution in [-0.4, -0.2) is 7.85 Å². The van der Waals surface area contributed by atoms with E-state index in [1.807, 2.05) is 6.92 Å². The Kier molecular flexibility index (Phi) is 16.3. The third-order valence-corrected chi connectivity index (χ3v) is 1.77. The molecule has 0 saturated carbocycles. The van der Waals surface area contributed by atoms with E-state index in [4.69, 9.17) is 7.85 Å². The van der Waals surface area contributed by atoms with E-state index < -0.39 is 0 Å². The lowest BCUT2D eigenvalue weighted by Crippen LogP contribution is -1.94. The van der Waals surface area contributed by atoms with E-state index in [1.165, 1.54) is 19.3 Å². The molecule has 0 bridgehead atoms. The van der Waals surface area contributed by atoms with Gasteiger partial charge < -0.3 is 0 Å². The van der Waals surface area contributed by atoms with E-state index in [-0.39, 0.29) is 0 Å². The van der Waals surface area contributed by atoms with Crippen LogP contribution in [0.4, 0.5) is 0 Å². The predicted octanol–water partition coefficient (Wildman–Crippen LogP) is 4.15. The van der Waals surface area contributed by atoms with Crippen molar-refractivity contribution in [3.05, 3.63) is 25.3 Å². The first-order chi connectivity index (χ1) is 6.26. The zero-order chi connectivity index (χ0) is 10.5. The summed E-state index contributed by atoms with van der Waals surface area (Å²) in [4.78, 5) is 0. The van der Waals surface area contributed by atoms with Crippen molar-refractivity contribution >= 4 is 7.85 Å². The van der Waals surface area contributed by atoms with Gasteiger partial charge >= 0.3 is 0 Å². The molecule has 13 heavy (non-hydrogen) atoms. The lowest BCUT2D eigenvalue weighted by molar-refractivity contribution is 0.531. The summed E-state index contributed by atoms with van der Waals surface area (Å²) in [6.07, 6.45) is 9.49. The SMILES string of the molecule is C=CC.[B]CCCC(C=C)CCC. The van der Waals surface area contributed by atoms with Crippen LogP contribution < -0.4 is 0 Å². The normalized spacial score (nSPS) is 10.9. The fourth-order valence-electron chi connectivity index (χ4n) is 1.13. The molecule has 1 atom stereocenters. The topological polar surface area (TPSA) is 0 Å². The first kappa shape index (κ1) is 15.0. The minimum absolute atomic E-state index is 0.702. The first-order valence-electron chi connectivity index (χ1n) is 5.16. The van der Waals surface area contributed by atoms with Gasteiger partial charge in [-0.25, -0.2) is 0 Å². The highest BCUT2D eigenvalue weighted by molar-refractivity contribution is 6.08. The first-order valence-corrected chi connectivity index (χ1v) is 5.16. The van der Waals surface area contributed by atoms with Crippen molar-refractivity contribution in [2.45, 2.75) is 45.9 Å². The van der Waals surface area contributed by atoms with Crippen LogP contribution in [0, 0.1) is 5.92 Å². The van der Waals surface area contributed by atoms with E-state index >= 15 is 0 Å². The molecule has 74 valence electrons. The van der Waals surface area contributed by atoms with Crippen LogP contribution in [0.2, 0.25) is 6.32 Å². The summed E-state index contributed by atoms with van der Waals surface area (Å²) in [5.74, 6) is 0.702. The number of hydrogen-bond acceptors (Lipinski definition) is 0. The van der Waals surface area contributed by atoms with E-state index in [2.05, 4.69) is 26.2 Å². The maximum absolute atomic E-state index is 5.39. The molecule has 0 aromatic rings. The second-order valence-corrected chi connectivity index (χ2v) is 3.12. The van der Waals surface area contributed by atoms with Gasteiger partial charge in [0, 0.05) is 0 Å². The molecule has 0 amide bonds. The maximum atomic E-state index is 5.39. The molecule has 0 aliphatic carbocycles. The van der Waals surface area contributed by atoms with Crippen molar-refractivity contribution in [1.82, 2.24) is 0 Å². The molecule has 0 aromatic carbocycles. The molecule has 0 heterocycles. The summed E-state index contributed by atoms with van der Waals surface area (Å²) >= 11 is 0. The Bertz CT molecular complexity index is 108. The monoisotopic (exact) mass is 178 g/mol. The van der Waals surface area contributed by atoms with Crippen molar-refractivity contribution < 1.29 is 0 Å². The summed E-state index contributed by atoms with van der Waals surface area (Å²) in [5, 5.41) is 0. The van der Waals surface area contributed by atoms with Gasteiger partial charge in [0.05, 0.1) is 7.85 Å². The Hall–Kier alpha value is -0.455. The molecular weight excluding hydrogens is 155 g/mol. The Labute approximate surface area is 85.5 Å². The van der Waals surface area contributed by atoms with Crippen LogP contribution in [-0.2, 0) is 0 Å². The Balaban J connectivity index is 0. The molecule has 0 N–H and O–H groups in total. The number of rotatable bonds is 6. The smallest absolute Gasteiger partial charge is 0.0653 e. The molecule has 2 radical (unpaired) electrons. The van der Waals surface area contributed by atoms with Crippen LogP contribution in [0.1, 0.15) is 39.5 Å². The molecule has 1 heteroatoms. The Morgan fingerprint density at radius 1 is 1.31 bits per heavy atom. The van der Waals surface area contributed by atoms with E-state index in [9.17, 15) is 0 Å². The zero-order valence-electron chi connectivity index (χ0n) is 9.26. The van der Waals surface area contributed by atoms with Crippen molar-refractivity contribution in [1.29, 1.82) is 0 Å². The van der Waals surface area contributed by atoms with Gasteiger partial charge in [0.2, 0.25) is 0 Å². The van der Waals surface area contributed by atoms with E-state index in [1.54, 1.807) is 6.08 Å². The van der Waals surface area contributed by atoms with Crippen molar-refractivity contribution in [2.24, 2.45) is 5.92 Å². The molecule has 0 spiro atoms. The Morgan fingerprint density at radius 3 is 2.15 bits per heavy atom. The zero-order valence-corrected chi connectivity index (χ0v) is 9.26. The average Bonchev–Trinajstić information content (AvgIpc) is 2.13. The molecule has 1 unspecified atom stereocenters. The van der Waals surface area contributed by atoms with Gasteiger partial charge in [-0.2, -0.15) is 0 Å². The predicted molar refractivity (Wildman–Crippen MR) is 64.3 cm³/mol. The van der Waals surface area contributed by atoms with Gasteiger partial charge in [0.1, 0.15) is 0 Å². The summed E-state index contributed by atoms with van der Waals surface area (Å²) in [6.45, 7) is 11.2. The van der Waals surface area contributed by atoms with Crippen molar-refractivity contribution in [2.75, 3.05) is 0 Å². The molecule has 0 nitrogen and oxygen atoms in total. The van der Waals surface area contributed by atoms with Crippen LogP contribution in [0.3, 0.4) is 0 Å². The minimum Gasteiger partial charge on any atom is -0.103 e. The van der Waals surface area contributed by atoms with Gasteiger partial charge in [-0.05, 0) is 25.7 Å². The molecule has 0 saturated heterocycles. The quantitative estimate of drug-likeness (QED) is 0.423. The molecule has 0 aromatic heterocycles. The fraction of sp³-hybridized carbons (Fsp3) is 0.667. The molecule has 0 aliphatic rings. The van der Waals surface area contributed by atoms with Gasteiger partial charge in [-0.1, -0.05) is 38.2 Å². The molecular formula is C12H23B. The summed E-state index contributed by atoms with van der Waals surface area (Å²) in [7, 11) is 5.39. The lowest BCUT2D eigenvalue weighted by Gasteiger charge is -2.08. The summed E-state index contributed by atoms with van der Waals surface area (Å²) < 4.78 is 0. The van der Waals surface area contributed by atoms with Gasteiger partial charge in [0.15, 0.2) is 0 Å². The fourth-order valence-corrected chi connectivity index (χ4v) is 1.13. The Morgan fingerprint density at radius 2 is 1.85 bits per heavy atom. The largest absolute Gasteiger partial charge is 0.103 e. The van der Waals surface area contributed by atoms with Crippen LogP contribution in [0.5, 0.6) is 0 Å². The molecule has 0 aliphatic heterocycles. The minimum atomic E-state index is 0.702. The molecule has 0 rings (SSSR count). The number of allylic oxidation sites excluding steroid dienone is 2. The standard InChI is InChI=1S/C9H17B.C3H6/c1-3-6-9(4-2)7-5-8-10;1-3-2/h4,9H,2-3,5-8H2,1H3;3H,1H2,2H3. The van der Waals surface area contributed by atoms with Crippen molar-refractivity contribution in [3.8, 4) is 0 Å². The van der Waals surface area contributed by atoms with Gasteiger partial charge in [0.25, 0.3) is 0 Å². The third-order valence-electron chi connectivity index (χ3n) is 1.77. The van der Waals surface area contributed by atoms with Gasteiger partial charge in [-0.3, -0.25) is 0 Å². The maximum Gasteiger partial charge on any atom is 0.0653 e. The average molecular weight is 178 g/mol. The summed E-state index contributed by atoms with van der Waals surface area (Å²) in [6, 6.07) is 0. The second kappa shape index (κ2) is 14.1. The van der Waals surface area contributed by atoms with Crippen LogP contribution in [0.15, 0.2) is 25.3 Å². The number of hydrogen-bond donors (Lipinski definition) is 0. The highest BCUT2D eigenvalue weighted by Crippen LogP contribution is 2.14. The molecule has 0 fully saturated rings. The lowest BCUT2D eigenvalue weighted by atomic mass is 9.92. The highest BCUT2D eigenvalue weighted by atomic mass is 14.0.